The fourth-order valence-electron chi connectivity index (χ4n) is 3.52. The third kappa shape index (κ3) is 3.51. The highest BCUT2D eigenvalue weighted by Crippen LogP contribution is 2.36. The van der Waals surface area contributed by atoms with Gasteiger partial charge in [-0.25, -0.2) is 0 Å². The van der Waals surface area contributed by atoms with Crippen LogP contribution >= 0.6 is 31.9 Å². The Labute approximate surface area is 175 Å². The smallest absolute Gasteiger partial charge is 0.130 e. The molecule has 0 spiro atoms. The van der Waals surface area contributed by atoms with Gasteiger partial charge in [0.05, 0.1) is 17.1 Å². The lowest BCUT2D eigenvalue weighted by molar-refractivity contribution is 0.147. The molecule has 0 aliphatic carbocycles. The lowest BCUT2D eigenvalue weighted by Crippen LogP contribution is -2.28. The number of benzene rings is 3. The number of aliphatic hydroxyl groups is 1. The van der Waals surface area contributed by atoms with E-state index >= 15 is 0 Å². The molecule has 138 valence electrons. The van der Waals surface area contributed by atoms with E-state index in [1.807, 2.05) is 31.2 Å². The summed E-state index contributed by atoms with van der Waals surface area (Å²) in [7, 11) is 0. The van der Waals surface area contributed by atoms with Crippen LogP contribution in [-0.2, 0) is 0 Å². The fourth-order valence-corrected chi connectivity index (χ4v) is 4.24. The second-order valence-electron chi connectivity index (χ2n) is 6.89. The van der Waals surface area contributed by atoms with Gasteiger partial charge in [0.15, 0.2) is 0 Å². The second kappa shape index (κ2) is 7.30. The molecular formula is C22H20Br2N2O. The zero-order valence-electron chi connectivity index (χ0n) is 15.1. The summed E-state index contributed by atoms with van der Waals surface area (Å²) in [5, 5.41) is 16.4. The van der Waals surface area contributed by atoms with Gasteiger partial charge in [0, 0.05) is 25.4 Å². The predicted molar refractivity (Wildman–Crippen MR) is 120 cm³/mol. The predicted octanol–water partition coefficient (Wildman–Crippen LogP) is 6.62. The first-order valence-electron chi connectivity index (χ1n) is 8.84. The first-order valence-corrected chi connectivity index (χ1v) is 10.4. The average Bonchev–Trinajstić information content (AvgIpc) is 2.94. The number of nitrogens with one attached hydrogen (secondary N) is 1. The summed E-state index contributed by atoms with van der Waals surface area (Å²) in [4.78, 5) is 0. The topological polar surface area (TPSA) is 37.2 Å². The van der Waals surface area contributed by atoms with E-state index in [9.17, 15) is 5.11 Å². The molecule has 0 radical (unpaired) electrons. The monoisotopic (exact) mass is 486 g/mol. The molecular weight excluding hydrogens is 468 g/mol. The summed E-state index contributed by atoms with van der Waals surface area (Å²) in [6.45, 7) is 3.89. The number of fused-ring (bicyclic) bond motifs is 3. The lowest BCUT2D eigenvalue weighted by atomic mass is 10.2. The van der Waals surface area contributed by atoms with Gasteiger partial charge in [-0.1, -0.05) is 49.6 Å². The summed E-state index contributed by atoms with van der Waals surface area (Å²) >= 11 is 7.17. The molecule has 0 fully saturated rings. The van der Waals surface area contributed by atoms with Crippen LogP contribution in [0.3, 0.4) is 0 Å². The minimum atomic E-state index is -0.586. The van der Waals surface area contributed by atoms with Crippen molar-refractivity contribution in [2.75, 3.05) is 5.32 Å². The Bertz CT molecular complexity index is 1060. The van der Waals surface area contributed by atoms with Gasteiger partial charge in [0.1, 0.15) is 6.17 Å². The van der Waals surface area contributed by atoms with E-state index in [0.717, 1.165) is 36.4 Å². The molecule has 2 atom stereocenters. The van der Waals surface area contributed by atoms with Crippen molar-refractivity contribution in [2.24, 2.45) is 0 Å². The van der Waals surface area contributed by atoms with Gasteiger partial charge in [0.2, 0.25) is 0 Å². The highest BCUT2D eigenvalue weighted by atomic mass is 79.9. The SMILES string of the molecule is Cc1ccc(NC(C(C)O)n2c3ccc(Br)cc3c3cc(Br)ccc32)cc1. The number of aromatic nitrogens is 1. The summed E-state index contributed by atoms with van der Waals surface area (Å²) in [6, 6.07) is 20.8. The highest BCUT2D eigenvalue weighted by Gasteiger charge is 2.22. The standard InChI is InChI=1S/C22H20Br2N2O/c1-13-3-7-17(8-4-13)25-22(14(2)27)26-20-9-5-15(23)11-18(20)19-12-16(24)6-10-21(19)26/h3-12,14,22,25,27H,1-2H3. The van der Waals surface area contributed by atoms with Gasteiger partial charge >= 0.3 is 0 Å². The quantitative estimate of drug-likeness (QED) is 0.339. The largest absolute Gasteiger partial charge is 0.389 e. The molecule has 3 aromatic carbocycles. The number of nitrogens with zero attached hydrogens (tertiary/aromatic N) is 1. The molecule has 5 heteroatoms. The van der Waals surface area contributed by atoms with Crippen LogP contribution in [0.15, 0.2) is 69.6 Å². The maximum absolute atomic E-state index is 10.6. The number of halogens is 2. The number of aryl methyl sites for hydroxylation is 1. The van der Waals surface area contributed by atoms with Crippen LogP contribution < -0.4 is 5.32 Å². The summed E-state index contributed by atoms with van der Waals surface area (Å²) in [5.41, 5.74) is 4.35. The van der Waals surface area contributed by atoms with Gasteiger partial charge in [0.25, 0.3) is 0 Å². The van der Waals surface area contributed by atoms with Crippen LogP contribution in [0.1, 0.15) is 18.7 Å². The molecule has 2 unspecified atom stereocenters. The van der Waals surface area contributed by atoms with E-state index in [1.54, 1.807) is 0 Å². The van der Waals surface area contributed by atoms with Crippen LogP contribution in [0.25, 0.3) is 21.8 Å². The first-order chi connectivity index (χ1) is 12.9. The number of hydrogen-bond acceptors (Lipinski definition) is 2. The van der Waals surface area contributed by atoms with Crippen molar-refractivity contribution >= 4 is 59.4 Å². The van der Waals surface area contributed by atoms with Gasteiger partial charge in [-0.2, -0.15) is 0 Å². The Balaban J connectivity index is 1.94. The van der Waals surface area contributed by atoms with E-state index in [-0.39, 0.29) is 6.17 Å². The molecule has 0 saturated carbocycles. The number of rotatable bonds is 4. The van der Waals surface area contributed by atoms with Gasteiger partial charge in [-0.3, -0.25) is 0 Å². The Kier molecular flexibility index (Phi) is 5.01. The fraction of sp³-hybridized carbons (Fsp3) is 0.182. The minimum Gasteiger partial charge on any atom is -0.389 e. The zero-order valence-corrected chi connectivity index (χ0v) is 18.3. The normalized spacial score (nSPS) is 13.8. The van der Waals surface area contributed by atoms with E-state index in [2.05, 4.69) is 85.1 Å². The summed E-state index contributed by atoms with van der Waals surface area (Å²) < 4.78 is 4.26. The molecule has 1 aromatic heterocycles. The highest BCUT2D eigenvalue weighted by molar-refractivity contribution is 9.10. The van der Waals surface area contributed by atoms with Crippen molar-refractivity contribution in [3.8, 4) is 0 Å². The molecule has 0 amide bonds. The van der Waals surface area contributed by atoms with E-state index < -0.39 is 6.10 Å². The zero-order chi connectivity index (χ0) is 19.1. The number of aliphatic hydroxyl groups excluding tert-OH is 1. The Morgan fingerprint density at radius 3 is 1.85 bits per heavy atom. The molecule has 1 heterocycles. The Hall–Kier alpha value is -1.82. The van der Waals surface area contributed by atoms with E-state index in [0.29, 0.717) is 0 Å². The molecule has 0 saturated heterocycles. The van der Waals surface area contributed by atoms with Gasteiger partial charge < -0.3 is 15.0 Å². The van der Waals surface area contributed by atoms with Crippen LogP contribution in [0.4, 0.5) is 5.69 Å². The lowest BCUT2D eigenvalue weighted by Gasteiger charge is -2.26. The molecule has 2 N–H and O–H groups in total. The maximum Gasteiger partial charge on any atom is 0.130 e. The first kappa shape index (κ1) is 18.5. The third-order valence-electron chi connectivity index (χ3n) is 4.83. The van der Waals surface area contributed by atoms with Crippen LogP contribution in [0.5, 0.6) is 0 Å². The minimum absolute atomic E-state index is 0.296. The molecule has 0 bridgehead atoms. The van der Waals surface area contributed by atoms with Crippen molar-refractivity contribution < 1.29 is 5.11 Å². The molecule has 4 rings (SSSR count). The van der Waals surface area contributed by atoms with E-state index in [4.69, 9.17) is 0 Å². The van der Waals surface area contributed by atoms with Crippen molar-refractivity contribution in [3.63, 3.8) is 0 Å². The average molecular weight is 488 g/mol. The second-order valence-corrected chi connectivity index (χ2v) is 8.72. The summed E-state index contributed by atoms with van der Waals surface area (Å²) in [6.07, 6.45) is -0.882. The Morgan fingerprint density at radius 2 is 1.37 bits per heavy atom. The van der Waals surface area contributed by atoms with Crippen LogP contribution in [0, 0.1) is 6.92 Å². The molecule has 27 heavy (non-hydrogen) atoms. The van der Waals surface area contributed by atoms with Crippen molar-refractivity contribution in [1.29, 1.82) is 0 Å². The third-order valence-corrected chi connectivity index (χ3v) is 5.81. The molecule has 0 aliphatic heterocycles. The van der Waals surface area contributed by atoms with Crippen LogP contribution in [0.2, 0.25) is 0 Å². The van der Waals surface area contributed by atoms with Crippen molar-refractivity contribution in [2.45, 2.75) is 26.1 Å². The van der Waals surface area contributed by atoms with Crippen LogP contribution in [-0.4, -0.2) is 15.8 Å². The number of anilines is 1. The van der Waals surface area contributed by atoms with E-state index in [1.165, 1.54) is 5.56 Å². The van der Waals surface area contributed by atoms with Gasteiger partial charge in [-0.05, 0) is 62.4 Å². The molecule has 0 aliphatic rings. The number of hydrogen-bond donors (Lipinski definition) is 2. The van der Waals surface area contributed by atoms with Gasteiger partial charge in [-0.15, -0.1) is 0 Å². The maximum atomic E-state index is 10.6. The molecule has 3 nitrogen and oxygen atoms in total. The molecule has 4 aromatic rings. The Morgan fingerprint density at radius 1 is 0.852 bits per heavy atom. The summed E-state index contributed by atoms with van der Waals surface area (Å²) in [5.74, 6) is 0. The van der Waals surface area contributed by atoms with Crippen molar-refractivity contribution in [1.82, 2.24) is 4.57 Å². The van der Waals surface area contributed by atoms with Crippen molar-refractivity contribution in [3.05, 3.63) is 75.2 Å².